The summed E-state index contributed by atoms with van der Waals surface area (Å²) in [6.45, 7) is 1.72. The van der Waals surface area contributed by atoms with Crippen molar-refractivity contribution in [3.8, 4) is 0 Å². The Morgan fingerprint density at radius 1 is 1.18 bits per heavy atom. The van der Waals surface area contributed by atoms with Gasteiger partial charge in [0.2, 0.25) is 5.91 Å². The molecule has 1 amide bonds. The highest BCUT2D eigenvalue weighted by Gasteiger charge is 2.25. The summed E-state index contributed by atoms with van der Waals surface area (Å²) in [6, 6.07) is 0.231. The first-order valence-electron chi connectivity index (χ1n) is 6.65. The lowest BCUT2D eigenvalue weighted by Crippen LogP contribution is -2.39. The maximum Gasteiger partial charge on any atom is 0.222 e. The number of carbonyl (C=O) groups excluding carboxylic acids is 1. The minimum atomic E-state index is 0.231. The van der Waals surface area contributed by atoms with Gasteiger partial charge in [0.05, 0.1) is 0 Å². The zero-order chi connectivity index (χ0) is 12.8. The van der Waals surface area contributed by atoms with Crippen molar-refractivity contribution >= 4 is 5.91 Å². The molecule has 1 rings (SSSR count). The summed E-state index contributed by atoms with van der Waals surface area (Å²) < 4.78 is 0. The van der Waals surface area contributed by atoms with E-state index in [9.17, 15) is 4.79 Å². The van der Waals surface area contributed by atoms with Gasteiger partial charge in [-0.15, -0.1) is 0 Å². The fourth-order valence-corrected chi connectivity index (χ4v) is 2.34. The van der Waals surface area contributed by atoms with Crippen molar-refractivity contribution in [2.24, 2.45) is 11.7 Å². The zero-order valence-corrected chi connectivity index (χ0v) is 11.5. The average molecular weight is 241 g/mol. The van der Waals surface area contributed by atoms with Gasteiger partial charge in [-0.05, 0) is 32.9 Å². The average Bonchev–Trinajstić information content (AvgIpc) is 2.28. The molecule has 1 aliphatic carbocycles. The van der Waals surface area contributed by atoms with Gasteiger partial charge in [-0.2, -0.15) is 0 Å². The van der Waals surface area contributed by atoms with Gasteiger partial charge in [-0.1, -0.05) is 12.8 Å². The molecule has 1 saturated carbocycles. The number of carbonyl (C=O) groups is 1. The second kappa shape index (κ2) is 6.97. The van der Waals surface area contributed by atoms with E-state index in [-0.39, 0.29) is 11.9 Å². The number of amides is 1. The zero-order valence-electron chi connectivity index (χ0n) is 11.5. The second-order valence-corrected chi connectivity index (χ2v) is 5.53. The lowest BCUT2D eigenvalue weighted by molar-refractivity contribution is -0.131. The third-order valence-corrected chi connectivity index (χ3v) is 3.71. The summed E-state index contributed by atoms with van der Waals surface area (Å²) in [4.78, 5) is 15.9. The molecule has 0 saturated heterocycles. The van der Waals surface area contributed by atoms with Crippen LogP contribution in [0.3, 0.4) is 0 Å². The molecule has 0 radical (unpaired) electrons. The van der Waals surface area contributed by atoms with Crippen LogP contribution in [0.15, 0.2) is 0 Å². The van der Waals surface area contributed by atoms with E-state index in [0.29, 0.717) is 12.3 Å². The topological polar surface area (TPSA) is 49.6 Å². The van der Waals surface area contributed by atoms with Gasteiger partial charge in [-0.25, -0.2) is 0 Å². The highest BCUT2D eigenvalue weighted by atomic mass is 16.2. The van der Waals surface area contributed by atoms with Crippen LogP contribution in [-0.2, 0) is 4.79 Å². The van der Waals surface area contributed by atoms with E-state index in [2.05, 4.69) is 4.90 Å². The largest absolute Gasteiger partial charge is 0.344 e. The van der Waals surface area contributed by atoms with E-state index in [1.807, 2.05) is 26.0 Å². The van der Waals surface area contributed by atoms with E-state index >= 15 is 0 Å². The molecule has 100 valence electrons. The number of hydrogen-bond acceptors (Lipinski definition) is 3. The lowest BCUT2D eigenvalue weighted by atomic mass is 9.83. The third-order valence-electron chi connectivity index (χ3n) is 3.71. The molecular weight excluding hydrogens is 214 g/mol. The molecule has 4 nitrogen and oxygen atoms in total. The van der Waals surface area contributed by atoms with Crippen LogP contribution in [0.2, 0.25) is 0 Å². The molecule has 0 spiro atoms. The molecule has 2 N–H and O–H groups in total. The summed E-state index contributed by atoms with van der Waals surface area (Å²) in [5.41, 5.74) is 6.07. The number of hydrogen-bond donors (Lipinski definition) is 1. The van der Waals surface area contributed by atoms with Crippen molar-refractivity contribution in [2.75, 3.05) is 34.2 Å². The van der Waals surface area contributed by atoms with E-state index in [1.165, 1.54) is 12.8 Å². The predicted octanol–water partition coefficient (Wildman–Crippen LogP) is 0.914. The van der Waals surface area contributed by atoms with Crippen molar-refractivity contribution in [1.29, 1.82) is 0 Å². The van der Waals surface area contributed by atoms with Crippen molar-refractivity contribution < 1.29 is 4.79 Å². The normalized spacial score (nSPS) is 25.0. The second-order valence-electron chi connectivity index (χ2n) is 5.53. The Bertz CT molecular complexity index is 243. The maximum atomic E-state index is 12.0. The van der Waals surface area contributed by atoms with Crippen molar-refractivity contribution in [1.82, 2.24) is 9.80 Å². The van der Waals surface area contributed by atoms with Crippen LogP contribution in [0.1, 0.15) is 32.1 Å². The molecule has 0 aromatic carbocycles. The quantitative estimate of drug-likeness (QED) is 0.778. The van der Waals surface area contributed by atoms with Crippen molar-refractivity contribution in [2.45, 2.75) is 38.1 Å². The minimum Gasteiger partial charge on any atom is -0.344 e. The van der Waals surface area contributed by atoms with Crippen LogP contribution in [0.25, 0.3) is 0 Å². The lowest BCUT2D eigenvalue weighted by Gasteiger charge is -2.29. The number of rotatable bonds is 5. The van der Waals surface area contributed by atoms with Gasteiger partial charge in [-0.3, -0.25) is 4.79 Å². The molecule has 4 heteroatoms. The SMILES string of the molecule is CN(C)CCN(C)C(=O)CC1CCCCC1N. The summed E-state index contributed by atoms with van der Waals surface area (Å²) >= 11 is 0. The Kier molecular flexibility index (Phi) is 5.92. The van der Waals surface area contributed by atoms with E-state index in [4.69, 9.17) is 5.73 Å². The Hall–Kier alpha value is -0.610. The molecule has 0 aromatic rings. The fraction of sp³-hybridized carbons (Fsp3) is 0.923. The van der Waals surface area contributed by atoms with Gasteiger partial charge in [0.15, 0.2) is 0 Å². The molecule has 2 atom stereocenters. The van der Waals surface area contributed by atoms with Crippen LogP contribution in [0.4, 0.5) is 0 Å². The molecule has 1 aliphatic rings. The Balaban J connectivity index is 2.31. The molecule has 0 bridgehead atoms. The summed E-state index contributed by atoms with van der Waals surface area (Å²) in [5, 5.41) is 0. The smallest absolute Gasteiger partial charge is 0.222 e. The van der Waals surface area contributed by atoms with Crippen LogP contribution in [0, 0.1) is 5.92 Å². The summed E-state index contributed by atoms with van der Waals surface area (Å²) in [6.07, 6.45) is 5.29. The molecule has 1 fully saturated rings. The Morgan fingerprint density at radius 2 is 1.82 bits per heavy atom. The van der Waals surface area contributed by atoms with Crippen molar-refractivity contribution in [3.63, 3.8) is 0 Å². The monoisotopic (exact) mass is 241 g/mol. The highest BCUT2D eigenvalue weighted by Crippen LogP contribution is 2.25. The molecule has 17 heavy (non-hydrogen) atoms. The van der Waals surface area contributed by atoms with Gasteiger partial charge in [0, 0.05) is 32.6 Å². The first kappa shape index (κ1) is 14.5. The first-order valence-corrected chi connectivity index (χ1v) is 6.65. The van der Waals surface area contributed by atoms with Gasteiger partial charge < -0.3 is 15.5 Å². The standard InChI is InChI=1S/C13H27N3O/c1-15(2)8-9-16(3)13(17)10-11-6-4-5-7-12(11)14/h11-12H,4-10,14H2,1-3H3. The van der Waals surface area contributed by atoms with E-state index in [1.54, 1.807) is 0 Å². The Labute approximate surface area is 105 Å². The highest BCUT2D eigenvalue weighted by molar-refractivity contribution is 5.76. The van der Waals surface area contributed by atoms with Gasteiger partial charge in [0.1, 0.15) is 0 Å². The number of nitrogens with zero attached hydrogens (tertiary/aromatic N) is 2. The number of nitrogens with two attached hydrogens (primary N) is 1. The van der Waals surface area contributed by atoms with E-state index in [0.717, 1.165) is 25.9 Å². The van der Waals surface area contributed by atoms with Gasteiger partial charge in [0.25, 0.3) is 0 Å². The summed E-state index contributed by atoms with van der Waals surface area (Å²) in [5.74, 6) is 0.646. The molecule has 0 aliphatic heterocycles. The predicted molar refractivity (Wildman–Crippen MR) is 70.7 cm³/mol. The maximum absolute atomic E-state index is 12.0. The van der Waals surface area contributed by atoms with Crippen LogP contribution in [-0.4, -0.2) is 56.0 Å². The van der Waals surface area contributed by atoms with Crippen LogP contribution >= 0.6 is 0 Å². The minimum absolute atomic E-state index is 0.231. The third kappa shape index (κ3) is 5.04. The van der Waals surface area contributed by atoms with Crippen molar-refractivity contribution in [3.05, 3.63) is 0 Å². The molecular formula is C13H27N3O. The molecule has 0 aromatic heterocycles. The molecule has 0 heterocycles. The molecule has 2 unspecified atom stereocenters. The van der Waals surface area contributed by atoms with Crippen LogP contribution < -0.4 is 5.73 Å². The first-order chi connectivity index (χ1) is 8.00. The van der Waals surface area contributed by atoms with Gasteiger partial charge >= 0.3 is 0 Å². The Morgan fingerprint density at radius 3 is 2.41 bits per heavy atom. The van der Waals surface area contributed by atoms with Crippen LogP contribution in [0.5, 0.6) is 0 Å². The number of likely N-dealkylation sites (N-methyl/N-ethyl adjacent to an activating group) is 2. The summed E-state index contributed by atoms with van der Waals surface area (Å²) in [7, 11) is 5.94. The fourth-order valence-electron chi connectivity index (χ4n) is 2.34. The van der Waals surface area contributed by atoms with E-state index < -0.39 is 0 Å².